The lowest BCUT2D eigenvalue weighted by molar-refractivity contribution is -0.198. The van der Waals surface area contributed by atoms with Gasteiger partial charge in [-0.15, -0.1) is 0 Å². The number of amides is 1. The number of aliphatic hydroxyl groups excluding tert-OH is 1. The van der Waals surface area contributed by atoms with Gasteiger partial charge < -0.3 is 20.1 Å². The monoisotopic (exact) mass is 592 g/mol. The van der Waals surface area contributed by atoms with Crippen LogP contribution in [0.3, 0.4) is 0 Å². The third-order valence-corrected chi connectivity index (χ3v) is 9.02. The molecule has 222 valence electrons. The van der Waals surface area contributed by atoms with E-state index in [1.54, 1.807) is 30.3 Å². The van der Waals surface area contributed by atoms with Crippen LogP contribution < -0.4 is 10.8 Å². The fourth-order valence-electron chi connectivity index (χ4n) is 4.96. The molecule has 0 spiro atoms. The van der Waals surface area contributed by atoms with E-state index >= 15 is 0 Å². The number of carbonyl (C=O) groups excluding carboxylic acids is 1. The maximum absolute atomic E-state index is 13.2. The predicted molar refractivity (Wildman–Crippen MR) is 159 cm³/mol. The molecule has 1 fully saturated rings. The van der Waals surface area contributed by atoms with Crippen LogP contribution in [-0.2, 0) is 30.9 Å². The molecule has 1 saturated heterocycles. The van der Waals surface area contributed by atoms with E-state index in [2.05, 4.69) is 15.8 Å². The lowest BCUT2D eigenvalue weighted by Crippen LogP contribution is -2.34. The Balaban J connectivity index is 1.16. The van der Waals surface area contributed by atoms with Crippen LogP contribution in [0.2, 0.25) is 0 Å². The molecule has 1 aliphatic heterocycles. The average Bonchev–Trinajstić information content (AvgIpc) is 3.68. The molecule has 0 saturated carbocycles. The largest absolute Gasteiger partial charge is 0.387 e. The molecule has 0 bridgehead atoms. The second-order valence-electron chi connectivity index (χ2n) is 10.3. The van der Waals surface area contributed by atoms with Gasteiger partial charge in [-0.3, -0.25) is 4.79 Å². The van der Waals surface area contributed by atoms with Gasteiger partial charge in [-0.05, 0) is 60.7 Å². The fraction of sp³-hybridized carbons (Fsp3) is 0.323. The molecule has 2 aromatic carbocycles. The number of ether oxygens (including phenoxy) is 1. The van der Waals surface area contributed by atoms with Crippen molar-refractivity contribution in [2.75, 3.05) is 6.61 Å². The number of carbonyl (C=O) groups is 1. The second kappa shape index (κ2) is 13.5. The van der Waals surface area contributed by atoms with Crippen molar-refractivity contribution in [3.63, 3.8) is 0 Å². The maximum Gasteiger partial charge on any atom is 0.267 e. The van der Waals surface area contributed by atoms with E-state index in [0.29, 0.717) is 25.1 Å². The van der Waals surface area contributed by atoms with Gasteiger partial charge in [0.15, 0.2) is 6.29 Å². The molecule has 4 aromatic rings. The second-order valence-corrected chi connectivity index (χ2v) is 12.1. The van der Waals surface area contributed by atoms with Crippen LogP contribution in [0.1, 0.15) is 55.4 Å². The molecule has 3 unspecified atom stereocenters. The van der Waals surface area contributed by atoms with E-state index in [0.717, 1.165) is 45.3 Å². The van der Waals surface area contributed by atoms with Gasteiger partial charge in [0.2, 0.25) is 0 Å². The first kappa shape index (κ1) is 29.7. The topological polar surface area (TPSA) is 135 Å². The molecule has 2 aromatic heterocycles. The van der Waals surface area contributed by atoms with Crippen molar-refractivity contribution in [3.8, 4) is 0 Å². The molecule has 1 aliphatic rings. The number of fused-ring (bicyclic) bond motifs is 1. The summed E-state index contributed by atoms with van der Waals surface area (Å²) in [5.74, 6) is -0.469. The first-order valence-corrected chi connectivity index (χ1v) is 15.5. The smallest absolute Gasteiger partial charge is 0.267 e. The van der Waals surface area contributed by atoms with Gasteiger partial charge in [-0.25, -0.2) is 22.7 Å². The van der Waals surface area contributed by atoms with Crippen LogP contribution in [0.15, 0.2) is 84.2 Å². The predicted octanol–water partition coefficient (Wildman–Crippen LogP) is 4.40. The standard InChI is InChI=1S/C31H36N4O6S/c1-2-27(31(37)26-20-33-28-8-4-3-7-25(26)28)32-19-22-10-13-24(14-11-22)42(38,39)35-17-16-23(21-35)12-15-29(36)34-41-30-9-5-6-18-40-30/h3-4,7-8,10-17,20-21,27,30-33,37H,2,5-6,9,18-19H2,1H3,(H,34,36). The number of aliphatic hydroxyl groups is 1. The van der Waals surface area contributed by atoms with Crippen LogP contribution >= 0.6 is 0 Å². The summed E-state index contributed by atoms with van der Waals surface area (Å²) in [7, 11) is -3.82. The highest BCUT2D eigenvalue weighted by Crippen LogP contribution is 2.27. The molecule has 42 heavy (non-hydrogen) atoms. The lowest BCUT2D eigenvalue weighted by Gasteiger charge is -2.23. The Morgan fingerprint density at radius 2 is 2.00 bits per heavy atom. The van der Waals surface area contributed by atoms with Gasteiger partial charge in [0.25, 0.3) is 15.9 Å². The van der Waals surface area contributed by atoms with Crippen molar-refractivity contribution in [1.82, 2.24) is 19.8 Å². The quantitative estimate of drug-likeness (QED) is 0.142. The number of aromatic amines is 1. The molecule has 4 N–H and O–H groups in total. The van der Waals surface area contributed by atoms with Crippen LogP contribution in [0.25, 0.3) is 17.0 Å². The molecular weight excluding hydrogens is 556 g/mol. The van der Waals surface area contributed by atoms with Gasteiger partial charge >= 0.3 is 0 Å². The van der Waals surface area contributed by atoms with Gasteiger partial charge in [0, 0.05) is 66.7 Å². The van der Waals surface area contributed by atoms with Crippen LogP contribution in [-0.4, -0.2) is 47.3 Å². The normalized spacial score (nSPS) is 17.4. The highest BCUT2D eigenvalue weighted by molar-refractivity contribution is 7.90. The molecule has 5 rings (SSSR count). The number of nitrogens with one attached hydrogen (secondary N) is 3. The minimum absolute atomic E-state index is 0.141. The fourth-order valence-corrected chi connectivity index (χ4v) is 6.16. The molecule has 10 nitrogen and oxygen atoms in total. The van der Waals surface area contributed by atoms with Crippen molar-refractivity contribution >= 4 is 32.9 Å². The van der Waals surface area contributed by atoms with E-state index in [-0.39, 0.29) is 10.9 Å². The minimum Gasteiger partial charge on any atom is -0.387 e. The summed E-state index contributed by atoms with van der Waals surface area (Å²) in [6.45, 7) is 3.09. The lowest BCUT2D eigenvalue weighted by atomic mass is 9.99. The molecule has 3 atom stereocenters. The van der Waals surface area contributed by atoms with Crippen molar-refractivity contribution in [1.29, 1.82) is 0 Å². The van der Waals surface area contributed by atoms with Gasteiger partial charge in [0.05, 0.1) is 11.0 Å². The zero-order valence-electron chi connectivity index (χ0n) is 23.4. The molecule has 0 aliphatic carbocycles. The summed E-state index contributed by atoms with van der Waals surface area (Å²) in [5, 5.41) is 15.5. The number of aromatic nitrogens is 2. The number of para-hydroxylation sites is 1. The summed E-state index contributed by atoms with van der Waals surface area (Å²) in [6, 6.07) is 15.9. The summed E-state index contributed by atoms with van der Waals surface area (Å²) in [4.78, 5) is 20.7. The third kappa shape index (κ3) is 7.00. The summed E-state index contributed by atoms with van der Waals surface area (Å²) >= 11 is 0. The Bertz CT molecular complexity index is 1620. The zero-order valence-corrected chi connectivity index (χ0v) is 24.2. The van der Waals surface area contributed by atoms with Crippen LogP contribution in [0.4, 0.5) is 0 Å². The van der Waals surface area contributed by atoms with E-state index in [9.17, 15) is 18.3 Å². The first-order chi connectivity index (χ1) is 20.3. The zero-order chi connectivity index (χ0) is 29.5. The summed E-state index contributed by atoms with van der Waals surface area (Å²) < 4.78 is 32.9. The SMILES string of the molecule is CCC(NCc1ccc(S(=O)(=O)n2ccc(C=CC(=O)NOC3CCCCO3)c2)cc1)C(O)c1c[nH]c2ccccc12. The molecular formula is C31H36N4O6S. The van der Waals surface area contributed by atoms with Crippen molar-refractivity contribution in [2.24, 2.45) is 0 Å². The molecule has 0 radical (unpaired) electrons. The Morgan fingerprint density at radius 3 is 2.76 bits per heavy atom. The van der Waals surface area contributed by atoms with Gasteiger partial charge in [-0.1, -0.05) is 37.3 Å². The number of hydrogen-bond donors (Lipinski definition) is 4. The minimum atomic E-state index is -3.82. The van der Waals surface area contributed by atoms with E-state index in [1.165, 1.54) is 24.5 Å². The Kier molecular flexibility index (Phi) is 9.55. The highest BCUT2D eigenvalue weighted by Gasteiger charge is 2.22. The van der Waals surface area contributed by atoms with Crippen molar-refractivity contribution in [3.05, 3.63) is 96.0 Å². The number of benzene rings is 2. The average molecular weight is 593 g/mol. The van der Waals surface area contributed by atoms with Crippen molar-refractivity contribution in [2.45, 2.75) is 62.5 Å². The Hall–Kier alpha value is -3.74. The Labute approximate surface area is 245 Å². The van der Waals surface area contributed by atoms with E-state index in [4.69, 9.17) is 9.57 Å². The van der Waals surface area contributed by atoms with E-state index in [1.807, 2.05) is 37.4 Å². The molecule has 11 heteroatoms. The number of H-pyrrole nitrogens is 1. The van der Waals surface area contributed by atoms with Crippen molar-refractivity contribution < 1.29 is 27.9 Å². The van der Waals surface area contributed by atoms with Crippen LogP contribution in [0.5, 0.6) is 0 Å². The molecule has 1 amide bonds. The highest BCUT2D eigenvalue weighted by atomic mass is 32.2. The number of nitrogens with zero attached hydrogens (tertiary/aromatic N) is 1. The summed E-state index contributed by atoms with van der Waals surface area (Å²) in [6.07, 6.45) is 9.74. The number of rotatable bonds is 12. The number of hydroxylamine groups is 1. The summed E-state index contributed by atoms with van der Waals surface area (Å²) in [5.41, 5.74) is 5.59. The first-order valence-electron chi connectivity index (χ1n) is 14.1. The van der Waals surface area contributed by atoms with Gasteiger partial charge in [0.1, 0.15) is 0 Å². The third-order valence-electron chi connectivity index (χ3n) is 7.37. The molecule has 3 heterocycles. The Morgan fingerprint density at radius 1 is 1.19 bits per heavy atom. The van der Waals surface area contributed by atoms with E-state index < -0.39 is 28.3 Å². The van der Waals surface area contributed by atoms with Gasteiger partial charge in [-0.2, -0.15) is 0 Å². The number of hydrogen-bond acceptors (Lipinski definition) is 7. The maximum atomic E-state index is 13.2. The van der Waals surface area contributed by atoms with Crippen LogP contribution in [0, 0.1) is 0 Å².